The molecule has 0 aromatic carbocycles. The molecule has 1 aromatic heterocycles. The number of hydrogen-bond acceptors (Lipinski definition) is 4. The zero-order valence-corrected chi connectivity index (χ0v) is 15.0. The number of aryl methyl sites for hydroxylation is 2. The molecule has 1 fully saturated rings. The minimum atomic E-state index is 0.312. The summed E-state index contributed by atoms with van der Waals surface area (Å²) in [5.41, 5.74) is 1.27. The van der Waals surface area contributed by atoms with Gasteiger partial charge in [-0.25, -0.2) is 0 Å². The molecular formula is C17H31N5O2. The Morgan fingerprint density at radius 1 is 1.42 bits per heavy atom. The van der Waals surface area contributed by atoms with E-state index in [-0.39, 0.29) is 0 Å². The highest BCUT2D eigenvalue weighted by atomic mass is 16.5. The smallest absolute Gasteiger partial charge is 0.190 e. The van der Waals surface area contributed by atoms with E-state index in [1.807, 2.05) is 17.9 Å². The molecule has 2 N–H and O–H groups in total. The number of aliphatic imine (C=N–C) groups is 1. The Hall–Kier alpha value is -1.60. The van der Waals surface area contributed by atoms with Crippen molar-refractivity contribution >= 4 is 5.96 Å². The molecule has 0 saturated carbocycles. The lowest BCUT2D eigenvalue weighted by Gasteiger charge is -2.12. The number of aromatic nitrogens is 2. The van der Waals surface area contributed by atoms with Gasteiger partial charge < -0.3 is 20.1 Å². The molecule has 0 bridgehead atoms. The molecule has 24 heavy (non-hydrogen) atoms. The first-order chi connectivity index (χ1) is 11.8. The molecule has 0 aliphatic carbocycles. The number of nitrogens with one attached hydrogen (secondary N) is 2. The summed E-state index contributed by atoms with van der Waals surface area (Å²) in [5, 5.41) is 10.8. The summed E-state index contributed by atoms with van der Waals surface area (Å²) in [6.07, 6.45) is 9.63. The van der Waals surface area contributed by atoms with E-state index in [2.05, 4.69) is 26.9 Å². The van der Waals surface area contributed by atoms with E-state index in [1.165, 1.54) is 12.0 Å². The Bertz CT molecular complexity index is 483. The molecule has 7 nitrogen and oxygen atoms in total. The molecular weight excluding hydrogens is 306 g/mol. The summed E-state index contributed by atoms with van der Waals surface area (Å²) in [6, 6.07) is 0. The zero-order chi connectivity index (χ0) is 17.0. The van der Waals surface area contributed by atoms with Gasteiger partial charge in [0.25, 0.3) is 0 Å². The second-order valence-electron chi connectivity index (χ2n) is 6.12. The highest BCUT2D eigenvalue weighted by Gasteiger charge is 2.14. The number of guanidine groups is 1. The average Bonchev–Trinajstić information content (AvgIpc) is 3.24. The molecule has 1 saturated heterocycles. The van der Waals surface area contributed by atoms with Crippen molar-refractivity contribution in [3.8, 4) is 0 Å². The van der Waals surface area contributed by atoms with E-state index in [0.717, 1.165) is 64.6 Å². The van der Waals surface area contributed by atoms with Gasteiger partial charge in [-0.3, -0.25) is 9.67 Å². The fourth-order valence-electron chi connectivity index (χ4n) is 2.69. The van der Waals surface area contributed by atoms with Crippen LogP contribution in [0.25, 0.3) is 0 Å². The Labute approximate surface area is 144 Å². The van der Waals surface area contributed by atoms with Crippen LogP contribution in [0.15, 0.2) is 17.4 Å². The lowest BCUT2D eigenvalue weighted by molar-refractivity contribution is 0.0168. The minimum Gasteiger partial charge on any atom is -0.379 e. The fourth-order valence-corrected chi connectivity index (χ4v) is 2.69. The number of hydrogen-bond donors (Lipinski definition) is 2. The average molecular weight is 337 g/mol. The molecule has 1 aliphatic heterocycles. The predicted molar refractivity (Wildman–Crippen MR) is 95.3 cm³/mol. The molecule has 1 aliphatic rings. The van der Waals surface area contributed by atoms with Crippen LogP contribution >= 0.6 is 0 Å². The Morgan fingerprint density at radius 3 is 2.92 bits per heavy atom. The van der Waals surface area contributed by atoms with Gasteiger partial charge in [0.2, 0.25) is 0 Å². The van der Waals surface area contributed by atoms with Crippen LogP contribution in [0.4, 0.5) is 0 Å². The van der Waals surface area contributed by atoms with Crippen molar-refractivity contribution in [2.45, 2.75) is 38.2 Å². The van der Waals surface area contributed by atoms with E-state index in [0.29, 0.717) is 6.10 Å². The maximum absolute atomic E-state index is 5.65. The monoisotopic (exact) mass is 337 g/mol. The van der Waals surface area contributed by atoms with Gasteiger partial charge in [0.1, 0.15) is 0 Å². The van der Waals surface area contributed by atoms with Crippen molar-refractivity contribution in [3.05, 3.63) is 18.0 Å². The first-order valence-electron chi connectivity index (χ1n) is 8.89. The van der Waals surface area contributed by atoms with Gasteiger partial charge in [-0.2, -0.15) is 5.10 Å². The summed E-state index contributed by atoms with van der Waals surface area (Å²) >= 11 is 0. The molecule has 2 heterocycles. The van der Waals surface area contributed by atoms with E-state index in [1.54, 1.807) is 7.05 Å². The highest BCUT2D eigenvalue weighted by Crippen LogP contribution is 2.11. The second kappa shape index (κ2) is 11.0. The molecule has 0 radical (unpaired) electrons. The third-order valence-electron chi connectivity index (χ3n) is 4.00. The molecule has 1 aromatic rings. The summed E-state index contributed by atoms with van der Waals surface area (Å²) in [6.45, 7) is 4.11. The Kier molecular flexibility index (Phi) is 8.62. The Morgan fingerprint density at radius 2 is 2.25 bits per heavy atom. The molecule has 0 spiro atoms. The van der Waals surface area contributed by atoms with Gasteiger partial charge in [0.05, 0.1) is 18.9 Å². The van der Waals surface area contributed by atoms with Gasteiger partial charge in [0.15, 0.2) is 5.96 Å². The van der Waals surface area contributed by atoms with Crippen LogP contribution in [0.1, 0.15) is 31.2 Å². The molecule has 1 unspecified atom stereocenters. The van der Waals surface area contributed by atoms with Gasteiger partial charge in [-0.15, -0.1) is 0 Å². The quantitative estimate of drug-likeness (QED) is 0.380. The van der Waals surface area contributed by atoms with Crippen molar-refractivity contribution in [3.63, 3.8) is 0 Å². The van der Waals surface area contributed by atoms with Gasteiger partial charge in [-0.1, -0.05) is 0 Å². The topological polar surface area (TPSA) is 72.7 Å². The molecule has 2 rings (SSSR count). The van der Waals surface area contributed by atoms with Crippen LogP contribution in [-0.4, -0.2) is 61.8 Å². The van der Waals surface area contributed by atoms with Crippen LogP contribution < -0.4 is 10.6 Å². The van der Waals surface area contributed by atoms with E-state index in [4.69, 9.17) is 9.47 Å². The van der Waals surface area contributed by atoms with Crippen LogP contribution in [0.5, 0.6) is 0 Å². The van der Waals surface area contributed by atoms with Crippen LogP contribution in [0, 0.1) is 0 Å². The molecule has 7 heteroatoms. The summed E-state index contributed by atoms with van der Waals surface area (Å²) < 4.78 is 13.0. The minimum absolute atomic E-state index is 0.312. The number of ether oxygens (including phenoxy) is 2. The second-order valence-corrected chi connectivity index (χ2v) is 6.12. The first-order valence-corrected chi connectivity index (χ1v) is 8.89. The van der Waals surface area contributed by atoms with Crippen molar-refractivity contribution in [2.75, 3.05) is 40.0 Å². The summed E-state index contributed by atoms with van der Waals surface area (Å²) in [4.78, 5) is 4.23. The number of nitrogens with zero attached hydrogens (tertiary/aromatic N) is 3. The van der Waals surface area contributed by atoms with Crippen LogP contribution in [0.3, 0.4) is 0 Å². The maximum Gasteiger partial charge on any atom is 0.190 e. The first kappa shape index (κ1) is 18.7. The standard InChI is InChI=1S/C17H31N5O2/c1-18-17(19-8-3-6-15-12-21-22(2)13-15)20-9-5-10-23-14-16-7-4-11-24-16/h12-13,16H,3-11,14H2,1-2H3,(H2,18,19,20). The summed E-state index contributed by atoms with van der Waals surface area (Å²) in [5.74, 6) is 0.848. The van der Waals surface area contributed by atoms with Crippen molar-refractivity contribution in [1.29, 1.82) is 0 Å². The van der Waals surface area contributed by atoms with E-state index < -0.39 is 0 Å². The van der Waals surface area contributed by atoms with Gasteiger partial charge in [0, 0.05) is 46.6 Å². The SMILES string of the molecule is CN=C(NCCCOCC1CCCO1)NCCCc1cnn(C)c1. The van der Waals surface area contributed by atoms with E-state index >= 15 is 0 Å². The predicted octanol–water partition coefficient (Wildman–Crippen LogP) is 1.10. The number of rotatable bonds is 10. The van der Waals surface area contributed by atoms with Crippen molar-refractivity contribution in [2.24, 2.45) is 12.0 Å². The third-order valence-corrected chi connectivity index (χ3v) is 4.00. The lowest BCUT2D eigenvalue weighted by Crippen LogP contribution is -2.38. The van der Waals surface area contributed by atoms with E-state index in [9.17, 15) is 0 Å². The lowest BCUT2D eigenvalue weighted by atomic mass is 10.2. The van der Waals surface area contributed by atoms with Gasteiger partial charge in [-0.05, 0) is 37.7 Å². The van der Waals surface area contributed by atoms with Crippen molar-refractivity contribution in [1.82, 2.24) is 20.4 Å². The van der Waals surface area contributed by atoms with Crippen molar-refractivity contribution < 1.29 is 9.47 Å². The summed E-state index contributed by atoms with van der Waals surface area (Å²) in [7, 11) is 3.74. The zero-order valence-electron chi connectivity index (χ0n) is 15.0. The largest absolute Gasteiger partial charge is 0.379 e. The van der Waals surface area contributed by atoms with Crippen LogP contribution in [-0.2, 0) is 22.9 Å². The third kappa shape index (κ3) is 7.31. The highest BCUT2D eigenvalue weighted by molar-refractivity contribution is 5.79. The molecule has 0 amide bonds. The maximum atomic E-state index is 5.65. The normalized spacial score (nSPS) is 18.1. The van der Waals surface area contributed by atoms with Crippen LogP contribution in [0.2, 0.25) is 0 Å². The fraction of sp³-hybridized carbons (Fsp3) is 0.765. The Balaban J connectivity index is 1.44. The molecule has 1 atom stereocenters. The molecule has 136 valence electrons. The van der Waals surface area contributed by atoms with Gasteiger partial charge >= 0.3 is 0 Å².